The number of hydrogen-bond acceptors (Lipinski definition) is 5. The number of hydrogen-bond donors (Lipinski definition) is 3. The predicted octanol–water partition coefficient (Wildman–Crippen LogP) is 9.24. The van der Waals surface area contributed by atoms with E-state index in [1.54, 1.807) is 0 Å². The van der Waals surface area contributed by atoms with Crippen molar-refractivity contribution in [3.8, 4) is 34.0 Å². The Morgan fingerprint density at radius 3 is 2.06 bits per heavy atom. The molecule has 0 saturated heterocycles. The van der Waals surface area contributed by atoms with Crippen molar-refractivity contribution in [3.05, 3.63) is 132 Å². The fraction of sp³-hybridized carbons (Fsp3) is 0.179. The van der Waals surface area contributed by atoms with Crippen LogP contribution in [0, 0.1) is 0 Å². The van der Waals surface area contributed by atoms with E-state index in [9.17, 15) is 14.8 Å². The van der Waals surface area contributed by atoms with Crippen molar-refractivity contribution in [2.75, 3.05) is 6.16 Å². The highest BCUT2D eigenvalue weighted by atomic mass is 31.2. The first-order chi connectivity index (χ1) is 23.5. The van der Waals surface area contributed by atoms with E-state index in [1.807, 2.05) is 91.1 Å². The molecule has 3 N–H and O–H groups in total. The molecule has 242 valence electrons. The highest BCUT2D eigenvalue weighted by molar-refractivity contribution is 7.53. The Balaban J connectivity index is 1.21. The van der Waals surface area contributed by atoms with E-state index in [-0.39, 0.29) is 37.7 Å². The summed E-state index contributed by atoms with van der Waals surface area (Å²) in [5.74, 6) is -0.217. The fourth-order valence-corrected chi connectivity index (χ4v) is 8.40. The number of aromatic amines is 1. The number of para-hydroxylation sites is 2. The molecule has 0 atom stereocenters. The average molecular weight is 658 g/mol. The molecule has 0 aliphatic carbocycles. The molecule has 7 aromatic rings. The molecule has 3 aromatic heterocycles. The summed E-state index contributed by atoms with van der Waals surface area (Å²) in [7, 11) is -3.72. The van der Waals surface area contributed by atoms with Crippen LogP contribution in [0.2, 0.25) is 0 Å². The Hall–Kier alpha value is -5.01. The molecule has 1 aliphatic rings. The Kier molecular flexibility index (Phi) is 7.93. The van der Waals surface area contributed by atoms with Gasteiger partial charge in [-0.1, -0.05) is 97.1 Å². The standard InChI is InChI=1S/C39H36N3O5P/c43-38-35(32-23-40-34-19-8-7-17-30(32)34)36(33-24-41-20-10-16-29-15-9-18-31(33)37(29)41)39(44)42(38)21-22-48(45,46-25-27-11-3-1-4-12-27)47-26-28-13-5-2-6-14-28/h1-9,11-15,17-19,23-24,40,43-44H,10,16,20-22,25-26H2. The monoisotopic (exact) mass is 657 g/mol. The molecule has 4 aromatic carbocycles. The molecule has 48 heavy (non-hydrogen) atoms. The van der Waals surface area contributed by atoms with Crippen LogP contribution in [0.1, 0.15) is 23.1 Å². The van der Waals surface area contributed by atoms with E-state index in [1.165, 1.54) is 10.1 Å². The number of fused-ring (bicyclic) bond motifs is 1. The van der Waals surface area contributed by atoms with E-state index >= 15 is 0 Å². The van der Waals surface area contributed by atoms with Crippen molar-refractivity contribution in [1.82, 2.24) is 14.1 Å². The average Bonchev–Trinajstić information content (AvgIpc) is 3.79. The number of nitrogens with one attached hydrogen (secondary N) is 1. The third kappa shape index (κ3) is 5.52. The normalized spacial score (nSPS) is 13.1. The molecule has 8 rings (SSSR count). The van der Waals surface area contributed by atoms with E-state index in [2.05, 4.69) is 33.9 Å². The first-order valence-electron chi connectivity index (χ1n) is 16.3. The van der Waals surface area contributed by atoms with Gasteiger partial charge < -0.3 is 28.8 Å². The molecule has 0 spiro atoms. The van der Waals surface area contributed by atoms with Crippen LogP contribution >= 0.6 is 7.60 Å². The summed E-state index contributed by atoms with van der Waals surface area (Å²) in [5.41, 5.74) is 7.73. The molecular formula is C39H36N3O5P. The molecule has 0 amide bonds. The van der Waals surface area contributed by atoms with Gasteiger partial charge in [0.15, 0.2) is 0 Å². The van der Waals surface area contributed by atoms with Crippen molar-refractivity contribution in [3.63, 3.8) is 0 Å². The first kappa shape index (κ1) is 30.3. The van der Waals surface area contributed by atoms with Crippen LogP contribution in [0.25, 0.3) is 44.1 Å². The van der Waals surface area contributed by atoms with Crippen molar-refractivity contribution in [2.24, 2.45) is 0 Å². The SMILES string of the molecule is O=P(CCn1c(O)c(-c2c[nH]c3ccccc23)c(-c2cn3c4c(cccc24)CCC3)c1O)(OCc1ccccc1)OCc1ccccc1. The second kappa shape index (κ2) is 12.5. The van der Waals surface area contributed by atoms with Crippen molar-refractivity contribution in [2.45, 2.75) is 39.1 Å². The zero-order valence-electron chi connectivity index (χ0n) is 26.4. The smallest absolute Gasteiger partial charge is 0.333 e. The maximum Gasteiger partial charge on any atom is 0.333 e. The summed E-state index contributed by atoms with van der Waals surface area (Å²) in [4.78, 5) is 3.32. The van der Waals surface area contributed by atoms with Gasteiger partial charge in [-0.25, -0.2) is 0 Å². The van der Waals surface area contributed by atoms with Crippen LogP contribution in [0.15, 0.2) is 116 Å². The van der Waals surface area contributed by atoms with Gasteiger partial charge in [0.2, 0.25) is 11.8 Å². The van der Waals surface area contributed by atoms with Gasteiger partial charge in [-0.15, -0.1) is 0 Å². The van der Waals surface area contributed by atoms with Crippen LogP contribution in [0.5, 0.6) is 11.8 Å². The summed E-state index contributed by atoms with van der Waals surface area (Å²) in [5, 5.41) is 26.0. The maximum atomic E-state index is 14.4. The summed E-state index contributed by atoms with van der Waals surface area (Å²) in [6, 6.07) is 33.2. The van der Waals surface area contributed by atoms with Gasteiger partial charge in [-0.2, -0.15) is 0 Å². The molecule has 8 nitrogen and oxygen atoms in total. The van der Waals surface area contributed by atoms with E-state index in [4.69, 9.17) is 9.05 Å². The Labute approximate surface area is 278 Å². The number of rotatable bonds is 11. The lowest BCUT2D eigenvalue weighted by atomic mass is 9.96. The fourth-order valence-electron chi connectivity index (χ4n) is 6.93. The molecule has 9 heteroatoms. The largest absolute Gasteiger partial charge is 0.494 e. The lowest BCUT2D eigenvalue weighted by molar-refractivity contribution is 0.190. The summed E-state index contributed by atoms with van der Waals surface area (Å²) in [6.07, 6.45) is 5.92. The zero-order chi connectivity index (χ0) is 32.7. The molecule has 0 radical (unpaired) electrons. The lowest BCUT2D eigenvalue weighted by Crippen LogP contribution is -2.07. The van der Waals surface area contributed by atoms with Gasteiger partial charge in [-0.3, -0.25) is 9.13 Å². The summed E-state index contributed by atoms with van der Waals surface area (Å²) in [6.45, 7) is 1.08. The van der Waals surface area contributed by atoms with E-state index < -0.39 is 7.60 Å². The second-order valence-electron chi connectivity index (χ2n) is 12.3. The molecule has 0 saturated carbocycles. The third-order valence-corrected chi connectivity index (χ3v) is 11.1. The highest BCUT2D eigenvalue weighted by Gasteiger charge is 2.32. The second-order valence-corrected chi connectivity index (χ2v) is 14.5. The summed E-state index contributed by atoms with van der Waals surface area (Å²) >= 11 is 0. The predicted molar refractivity (Wildman–Crippen MR) is 189 cm³/mol. The Bertz CT molecular complexity index is 2240. The van der Waals surface area contributed by atoms with Crippen LogP contribution in [-0.4, -0.2) is 30.5 Å². The van der Waals surface area contributed by atoms with Crippen molar-refractivity contribution >= 4 is 29.4 Å². The van der Waals surface area contributed by atoms with Crippen LogP contribution in [0.3, 0.4) is 0 Å². The van der Waals surface area contributed by atoms with Gasteiger partial charge in [-0.05, 0) is 35.6 Å². The van der Waals surface area contributed by atoms with Gasteiger partial charge in [0.25, 0.3) is 0 Å². The van der Waals surface area contributed by atoms with Gasteiger partial charge in [0, 0.05) is 52.9 Å². The molecule has 0 unspecified atom stereocenters. The van der Waals surface area contributed by atoms with Crippen molar-refractivity contribution in [1.29, 1.82) is 0 Å². The number of benzene rings is 4. The zero-order valence-corrected chi connectivity index (χ0v) is 27.3. The minimum absolute atomic E-state index is 0.00221. The molecule has 4 heterocycles. The molecule has 1 aliphatic heterocycles. The van der Waals surface area contributed by atoms with Gasteiger partial charge >= 0.3 is 7.60 Å². The number of aromatic hydroxyl groups is 2. The van der Waals surface area contributed by atoms with Crippen LogP contribution in [0.4, 0.5) is 0 Å². The number of aryl methyl sites for hydroxylation is 2. The topological polar surface area (TPSA) is 102 Å². The third-order valence-electron chi connectivity index (χ3n) is 9.30. The van der Waals surface area contributed by atoms with Crippen LogP contribution in [-0.2, 0) is 46.3 Å². The maximum absolute atomic E-state index is 14.4. The minimum atomic E-state index is -3.72. The first-order valence-corrected chi connectivity index (χ1v) is 18.0. The van der Waals surface area contributed by atoms with Crippen molar-refractivity contribution < 1.29 is 23.8 Å². The number of nitrogens with zero attached hydrogens (tertiary/aromatic N) is 2. The van der Waals surface area contributed by atoms with Gasteiger partial charge in [0.1, 0.15) is 0 Å². The lowest BCUT2D eigenvalue weighted by Gasteiger charge is -2.20. The molecule has 0 fully saturated rings. The quantitative estimate of drug-likeness (QED) is 0.120. The van der Waals surface area contributed by atoms with Gasteiger partial charge in [0.05, 0.1) is 36.0 Å². The number of aromatic nitrogens is 3. The van der Waals surface area contributed by atoms with Crippen LogP contribution < -0.4 is 0 Å². The Morgan fingerprint density at radius 1 is 0.729 bits per heavy atom. The summed E-state index contributed by atoms with van der Waals surface area (Å²) < 4.78 is 30.1. The molecular weight excluding hydrogens is 621 g/mol. The highest BCUT2D eigenvalue weighted by Crippen LogP contribution is 2.54. The van der Waals surface area contributed by atoms with E-state index in [0.717, 1.165) is 63.4 Å². The molecule has 0 bridgehead atoms. The minimum Gasteiger partial charge on any atom is -0.494 e. The number of H-pyrrole nitrogens is 1. The van der Waals surface area contributed by atoms with E-state index in [0.29, 0.717) is 11.1 Å². The Morgan fingerprint density at radius 2 is 1.35 bits per heavy atom.